The van der Waals surface area contributed by atoms with E-state index in [2.05, 4.69) is 53.9 Å². The Morgan fingerprint density at radius 1 is 1.17 bits per heavy atom. The molecule has 0 heterocycles. The fourth-order valence-electron chi connectivity index (χ4n) is 2.89. The number of methoxy groups -OCH3 is 1. The summed E-state index contributed by atoms with van der Waals surface area (Å²) in [5.41, 5.74) is 0.895. The fraction of sp³-hybridized carbons (Fsp3) is 0.750. The first kappa shape index (κ1) is 29.2. The second kappa shape index (κ2) is 12.9. The molecular formula is C24H44F2O3Si. The summed E-state index contributed by atoms with van der Waals surface area (Å²) in [7, 11) is -0.390. The molecule has 0 unspecified atom stereocenters. The third-order valence-corrected chi connectivity index (χ3v) is 10.2. The average molecular weight is 447 g/mol. The Morgan fingerprint density at radius 2 is 1.77 bits per heavy atom. The van der Waals surface area contributed by atoms with Crippen LogP contribution in [0.25, 0.3) is 0 Å². The van der Waals surface area contributed by atoms with Crippen LogP contribution in [0.2, 0.25) is 18.1 Å². The van der Waals surface area contributed by atoms with Gasteiger partial charge in [0.05, 0.1) is 12.7 Å². The van der Waals surface area contributed by atoms with Crippen LogP contribution < -0.4 is 0 Å². The zero-order valence-corrected chi connectivity index (χ0v) is 21.4. The fourth-order valence-corrected chi connectivity index (χ4v) is 4.27. The van der Waals surface area contributed by atoms with E-state index in [-0.39, 0.29) is 36.2 Å². The minimum Gasteiger partial charge on any atom is -0.410 e. The summed E-state index contributed by atoms with van der Waals surface area (Å²) in [6, 6.07) is 0. The van der Waals surface area contributed by atoms with E-state index in [0.717, 1.165) is 5.57 Å². The van der Waals surface area contributed by atoms with Crippen molar-refractivity contribution in [3.8, 4) is 0 Å². The Morgan fingerprint density at radius 3 is 2.23 bits per heavy atom. The van der Waals surface area contributed by atoms with E-state index in [0.29, 0.717) is 12.8 Å². The zero-order valence-electron chi connectivity index (χ0n) is 20.4. The Hall–Kier alpha value is -0.823. The van der Waals surface area contributed by atoms with Gasteiger partial charge in [-0.05, 0) is 37.9 Å². The third kappa shape index (κ3) is 10.5. The van der Waals surface area contributed by atoms with Crippen molar-refractivity contribution in [1.82, 2.24) is 0 Å². The molecular weight excluding hydrogens is 402 g/mol. The van der Waals surface area contributed by atoms with Crippen molar-refractivity contribution >= 4 is 8.32 Å². The highest BCUT2D eigenvalue weighted by atomic mass is 28.4. The maximum atomic E-state index is 13.9. The van der Waals surface area contributed by atoms with Gasteiger partial charge in [-0.1, -0.05) is 51.5 Å². The van der Waals surface area contributed by atoms with Crippen LogP contribution in [0.15, 0.2) is 37.0 Å². The molecule has 30 heavy (non-hydrogen) atoms. The lowest BCUT2D eigenvalue weighted by molar-refractivity contribution is -0.0788. The number of halogens is 2. The van der Waals surface area contributed by atoms with E-state index in [1.165, 1.54) is 0 Å². The van der Waals surface area contributed by atoms with Crippen molar-refractivity contribution in [3.63, 3.8) is 0 Å². The zero-order chi connectivity index (χ0) is 23.6. The molecule has 6 heteroatoms. The van der Waals surface area contributed by atoms with Gasteiger partial charge in [0.2, 0.25) is 0 Å². The van der Waals surface area contributed by atoms with E-state index < -0.39 is 20.8 Å². The smallest absolute Gasteiger partial charge is 0.271 e. The quantitative estimate of drug-likeness (QED) is 0.152. The van der Waals surface area contributed by atoms with Gasteiger partial charge in [0.1, 0.15) is 12.7 Å². The minimum absolute atomic E-state index is 0.0128. The summed E-state index contributed by atoms with van der Waals surface area (Å²) in [5, 5.41) is 0.0590. The molecule has 0 saturated carbocycles. The Labute approximate surface area is 184 Å². The molecule has 0 bridgehead atoms. The summed E-state index contributed by atoms with van der Waals surface area (Å²) in [6.45, 7) is 22.0. The van der Waals surface area contributed by atoms with Gasteiger partial charge in [0, 0.05) is 19.4 Å². The first-order valence-electron chi connectivity index (χ1n) is 10.8. The first-order chi connectivity index (χ1) is 13.7. The number of hydrogen-bond acceptors (Lipinski definition) is 3. The van der Waals surface area contributed by atoms with E-state index in [1.54, 1.807) is 19.3 Å². The summed E-state index contributed by atoms with van der Waals surface area (Å²) >= 11 is 0. The van der Waals surface area contributed by atoms with Crippen LogP contribution in [0.4, 0.5) is 8.78 Å². The summed E-state index contributed by atoms with van der Waals surface area (Å²) < 4.78 is 45.3. The molecule has 0 aromatic carbocycles. The number of rotatable bonds is 15. The average Bonchev–Trinajstić information content (AvgIpc) is 2.60. The summed E-state index contributed by atoms with van der Waals surface area (Å²) in [4.78, 5) is 0. The van der Waals surface area contributed by atoms with E-state index in [9.17, 15) is 8.78 Å². The number of alkyl halides is 2. The van der Waals surface area contributed by atoms with Gasteiger partial charge in [-0.2, -0.15) is 0 Å². The molecule has 0 aliphatic rings. The highest BCUT2D eigenvalue weighted by Gasteiger charge is 2.41. The van der Waals surface area contributed by atoms with Crippen molar-refractivity contribution in [2.24, 2.45) is 5.92 Å². The molecule has 0 radical (unpaired) electrons. The van der Waals surface area contributed by atoms with Crippen molar-refractivity contribution in [3.05, 3.63) is 37.0 Å². The maximum Gasteiger partial charge on any atom is 0.271 e. The summed E-state index contributed by atoms with van der Waals surface area (Å²) in [5.74, 6) is -2.80. The summed E-state index contributed by atoms with van der Waals surface area (Å²) in [6.07, 6.45) is 5.81. The Kier molecular flexibility index (Phi) is 12.5. The lowest BCUT2D eigenvalue weighted by Gasteiger charge is -2.42. The van der Waals surface area contributed by atoms with Crippen molar-refractivity contribution in [2.45, 2.75) is 90.1 Å². The highest BCUT2D eigenvalue weighted by molar-refractivity contribution is 6.74. The molecule has 0 fully saturated rings. The SMILES string of the molecule is C=CCCCC(F)(F)COC/C(C)=C\[C@@H](C)[C@H](O[Si](C)(C)C(C)(C)C)[C@H](C=C)OC. The normalized spacial score (nSPS) is 16.8. The number of unbranched alkanes of at least 4 members (excludes halogenated alkanes) is 1. The second-order valence-corrected chi connectivity index (χ2v) is 14.4. The van der Waals surface area contributed by atoms with Gasteiger partial charge >= 0.3 is 0 Å². The molecule has 0 saturated heterocycles. The lowest BCUT2D eigenvalue weighted by Crippen LogP contribution is -2.49. The molecule has 0 aromatic rings. The number of ether oxygens (including phenoxy) is 2. The van der Waals surface area contributed by atoms with Crippen molar-refractivity contribution in [1.29, 1.82) is 0 Å². The molecule has 0 aromatic heterocycles. The van der Waals surface area contributed by atoms with Crippen LogP contribution in [0.1, 0.15) is 53.9 Å². The monoisotopic (exact) mass is 446 g/mol. The molecule has 0 aliphatic carbocycles. The van der Waals surface area contributed by atoms with Crippen LogP contribution in [0.5, 0.6) is 0 Å². The molecule has 0 amide bonds. The molecule has 3 atom stereocenters. The van der Waals surface area contributed by atoms with Crippen LogP contribution in [-0.2, 0) is 13.9 Å². The van der Waals surface area contributed by atoms with Gasteiger partial charge in [0.25, 0.3) is 5.92 Å². The van der Waals surface area contributed by atoms with Gasteiger partial charge in [-0.15, -0.1) is 13.2 Å². The van der Waals surface area contributed by atoms with Crippen molar-refractivity contribution < 1.29 is 22.7 Å². The van der Waals surface area contributed by atoms with E-state index >= 15 is 0 Å². The Balaban J connectivity index is 5.10. The van der Waals surface area contributed by atoms with Gasteiger partial charge in [-0.3, -0.25) is 0 Å². The number of allylic oxidation sites excluding steroid dienone is 1. The standard InChI is InChI=1S/C24H44F2O3Si/c1-11-13-14-15-24(25,26)18-28-17-19(3)16-20(4)22(21(12-2)27-8)29-30(9,10)23(5,6)7/h11-12,16,20-22H,1-2,13-15,17-18H2,3-10H3/b19-16-/t20-,21+,22+/m1/s1. The van der Waals surface area contributed by atoms with Crippen molar-refractivity contribution in [2.75, 3.05) is 20.3 Å². The molecule has 176 valence electrons. The predicted octanol–water partition coefficient (Wildman–Crippen LogP) is 7.17. The molecule has 0 rings (SSSR count). The topological polar surface area (TPSA) is 27.7 Å². The highest BCUT2D eigenvalue weighted by Crippen LogP contribution is 2.39. The van der Waals surface area contributed by atoms with Crippen LogP contribution in [0.3, 0.4) is 0 Å². The lowest BCUT2D eigenvalue weighted by atomic mass is 9.97. The largest absolute Gasteiger partial charge is 0.410 e. The van der Waals surface area contributed by atoms with Gasteiger partial charge < -0.3 is 13.9 Å². The second-order valence-electron chi connectivity index (χ2n) is 9.68. The Bertz CT molecular complexity index is 553. The molecule has 0 aliphatic heterocycles. The molecule has 0 spiro atoms. The number of hydrogen-bond donors (Lipinski definition) is 0. The minimum atomic E-state index is -2.81. The van der Waals surface area contributed by atoms with Gasteiger partial charge in [0.15, 0.2) is 8.32 Å². The van der Waals surface area contributed by atoms with E-state index in [1.807, 2.05) is 13.0 Å². The predicted molar refractivity (Wildman–Crippen MR) is 126 cm³/mol. The van der Waals surface area contributed by atoms with Crippen LogP contribution in [0, 0.1) is 5.92 Å². The third-order valence-electron chi connectivity index (χ3n) is 5.72. The first-order valence-corrected chi connectivity index (χ1v) is 13.7. The van der Waals surface area contributed by atoms with Gasteiger partial charge in [-0.25, -0.2) is 8.78 Å². The van der Waals surface area contributed by atoms with E-state index in [4.69, 9.17) is 13.9 Å². The molecule has 3 nitrogen and oxygen atoms in total. The maximum absolute atomic E-state index is 13.9. The van der Waals surface area contributed by atoms with Crippen LogP contribution >= 0.6 is 0 Å². The van der Waals surface area contributed by atoms with Crippen LogP contribution in [-0.4, -0.2) is 46.8 Å². The molecule has 0 N–H and O–H groups in total.